The first kappa shape index (κ1) is 9.43. The van der Waals surface area contributed by atoms with Crippen LogP contribution in [0.25, 0.3) is 0 Å². The summed E-state index contributed by atoms with van der Waals surface area (Å²) in [5.41, 5.74) is -0.362. The van der Waals surface area contributed by atoms with Gasteiger partial charge in [0.15, 0.2) is 5.57 Å². The molecule has 0 aliphatic heterocycles. The van der Waals surface area contributed by atoms with Crippen molar-refractivity contribution in [2.45, 2.75) is 26.3 Å². The lowest BCUT2D eigenvalue weighted by Gasteiger charge is -2.07. The van der Waals surface area contributed by atoms with Crippen LogP contribution in [0.15, 0.2) is 10.6 Å². The lowest BCUT2D eigenvalue weighted by molar-refractivity contribution is 0.587. The van der Waals surface area contributed by atoms with E-state index in [0.717, 1.165) is 0 Å². The lowest BCUT2D eigenvalue weighted by Crippen LogP contribution is -2.08. The molecule has 0 atom stereocenters. The van der Waals surface area contributed by atoms with Gasteiger partial charge in [0.05, 0.1) is 5.54 Å². The maximum absolute atomic E-state index is 8.29. The van der Waals surface area contributed by atoms with Crippen LogP contribution in [0, 0.1) is 22.7 Å². The first-order valence-electron chi connectivity index (χ1n) is 3.14. The molecule has 0 rings (SSSR count). The molecular weight excluding hydrogens is 138 g/mol. The van der Waals surface area contributed by atoms with Crippen molar-refractivity contribution in [1.82, 2.24) is 0 Å². The fourth-order valence-corrected chi connectivity index (χ4v) is 0.299. The van der Waals surface area contributed by atoms with Crippen molar-refractivity contribution in [2.24, 2.45) is 4.99 Å². The van der Waals surface area contributed by atoms with Gasteiger partial charge in [0, 0.05) is 5.87 Å². The third-order valence-electron chi connectivity index (χ3n) is 0.727. The van der Waals surface area contributed by atoms with E-state index in [1.54, 1.807) is 12.1 Å². The monoisotopic (exact) mass is 147 g/mol. The van der Waals surface area contributed by atoms with Crippen LogP contribution < -0.4 is 0 Å². The molecule has 0 heterocycles. The molecule has 0 N–H and O–H groups in total. The molecule has 3 nitrogen and oxygen atoms in total. The Balaban J connectivity index is 4.72. The summed E-state index contributed by atoms with van der Waals surface area (Å²) in [6.45, 7) is 5.60. The predicted molar refractivity (Wildman–Crippen MR) is 41.9 cm³/mol. The van der Waals surface area contributed by atoms with Gasteiger partial charge in [0.2, 0.25) is 0 Å². The quantitative estimate of drug-likeness (QED) is 0.384. The van der Waals surface area contributed by atoms with Crippen molar-refractivity contribution < 1.29 is 0 Å². The normalized spacial score (nSPS) is 8.82. The minimum absolute atomic E-state index is 0.0834. The number of aliphatic imine (C=N–C) groups is 1. The van der Waals surface area contributed by atoms with Crippen LogP contribution in [0.3, 0.4) is 0 Å². The second-order valence-electron chi connectivity index (χ2n) is 2.99. The molecule has 0 unspecified atom stereocenters. The third-order valence-corrected chi connectivity index (χ3v) is 0.727. The van der Waals surface area contributed by atoms with Gasteiger partial charge in [-0.2, -0.15) is 10.5 Å². The second-order valence-corrected chi connectivity index (χ2v) is 2.99. The zero-order chi connectivity index (χ0) is 8.91. The fraction of sp³-hybridized carbons (Fsp3) is 0.500. The second kappa shape index (κ2) is 3.56. The number of rotatable bonds is 0. The van der Waals surface area contributed by atoms with Crippen LogP contribution in [-0.2, 0) is 0 Å². The van der Waals surface area contributed by atoms with Gasteiger partial charge in [-0.15, -0.1) is 0 Å². The average molecular weight is 147 g/mol. The van der Waals surface area contributed by atoms with Gasteiger partial charge >= 0.3 is 0 Å². The summed E-state index contributed by atoms with van der Waals surface area (Å²) in [6.07, 6.45) is 0. The van der Waals surface area contributed by atoms with E-state index >= 15 is 0 Å². The maximum atomic E-state index is 8.29. The summed E-state index contributed by atoms with van der Waals surface area (Å²) in [7, 11) is 0. The Morgan fingerprint density at radius 2 is 1.64 bits per heavy atom. The summed E-state index contributed by atoms with van der Waals surface area (Å²) < 4.78 is 0. The SMILES string of the molecule is CC(C)(C)N=C=C(C#N)C#N. The molecule has 0 aliphatic rings. The fourth-order valence-electron chi connectivity index (χ4n) is 0.299. The minimum Gasteiger partial charge on any atom is -0.235 e. The van der Waals surface area contributed by atoms with E-state index in [9.17, 15) is 0 Å². The van der Waals surface area contributed by atoms with Crippen molar-refractivity contribution >= 4 is 5.87 Å². The van der Waals surface area contributed by atoms with Gasteiger partial charge in [0.1, 0.15) is 12.1 Å². The van der Waals surface area contributed by atoms with Gasteiger partial charge in [-0.05, 0) is 20.8 Å². The maximum Gasteiger partial charge on any atom is 0.190 e. The number of nitriles is 2. The molecular formula is C8H9N3. The van der Waals surface area contributed by atoms with Crippen molar-refractivity contribution in [3.63, 3.8) is 0 Å². The predicted octanol–water partition coefficient (Wildman–Crippen LogP) is 1.43. The molecule has 0 aromatic carbocycles. The Kier molecular flexibility index (Phi) is 3.05. The molecule has 0 saturated heterocycles. The average Bonchev–Trinajstić information content (AvgIpc) is 1.88. The summed E-state index contributed by atoms with van der Waals surface area (Å²) in [5.74, 6) is 2.38. The molecule has 0 fully saturated rings. The number of allylic oxidation sites excluding steroid dienone is 1. The van der Waals surface area contributed by atoms with Gasteiger partial charge < -0.3 is 0 Å². The number of nitrogens with zero attached hydrogens (tertiary/aromatic N) is 3. The Morgan fingerprint density at radius 1 is 1.18 bits per heavy atom. The van der Waals surface area contributed by atoms with E-state index in [2.05, 4.69) is 10.9 Å². The molecule has 11 heavy (non-hydrogen) atoms. The van der Waals surface area contributed by atoms with E-state index in [1.165, 1.54) is 0 Å². The minimum atomic E-state index is -0.279. The van der Waals surface area contributed by atoms with Crippen molar-refractivity contribution in [2.75, 3.05) is 0 Å². The summed E-state index contributed by atoms with van der Waals surface area (Å²) in [5, 5.41) is 16.6. The molecule has 0 aliphatic carbocycles. The van der Waals surface area contributed by atoms with Gasteiger partial charge in [-0.25, -0.2) is 4.99 Å². The summed E-state index contributed by atoms with van der Waals surface area (Å²) in [4.78, 5) is 3.87. The van der Waals surface area contributed by atoms with E-state index < -0.39 is 0 Å². The largest absolute Gasteiger partial charge is 0.235 e. The highest BCUT2D eigenvalue weighted by atomic mass is 14.8. The van der Waals surface area contributed by atoms with Crippen molar-refractivity contribution in [1.29, 1.82) is 10.5 Å². The van der Waals surface area contributed by atoms with Crippen LogP contribution >= 0.6 is 0 Å². The third kappa shape index (κ3) is 4.90. The molecule has 0 amide bonds. The lowest BCUT2D eigenvalue weighted by atomic mass is 10.1. The number of hydrogen-bond acceptors (Lipinski definition) is 3. The van der Waals surface area contributed by atoms with Crippen LogP contribution in [0.5, 0.6) is 0 Å². The van der Waals surface area contributed by atoms with Crippen molar-refractivity contribution in [3.05, 3.63) is 5.57 Å². The Hall–Kier alpha value is -1.57. The molecule has 0 aromatic rings. The summed E-state index contributed by atoms with van der Waals surface area (Å²) >= 11 is 0. The van der Waals surface area contributed by atoms with Crippen molar-refractivity contribution in [3.8, 4) is 12.1 Å². The number of hydrogen-bond donors (Lipinski definition) is 0. The van der Waals surface area contributed by atoms with E-state index in [-0.39, 0.29) is 11.1 Å². The van der Waals surface area contributed by atoms with Crippen LogP contribution in [0.4, 0.5) is 0 Å². The summed E-state index contributed by atoms with van der Waals surface area (Å²) in [6, 6.07) is 3.35. The highest BCUT2D eigenvalue weighted by Gasteiger charge is 2.04. The standard InChI is InChI=1S/C8H9N3/c1-8(2,3)11-6-7(4-9)5-10/h1-3H3. The van der Waals surface area contributed by atoms with Crippen LogP contribution in [0.2, 0.25) is 0 Å². The van der Waals surface area contributed by atoms with Gasteiger partial charge in [0.25, 0.3) is 0 Å². The van der Waals surface area contributed by atoms with E-state index in [0.29, 0.717) is 0 Å². The molecule has 0 radical (unpaired) electrons. The molecule has 0 saturated carbocycles. The van der Waals surface area contributed by atoms with Crippen LogP contribution in [-0.4, -0.2) is 11.4 Å². The molecule has 56 valence electrons. The molecule has 3 heteroatoms. The zero-order valence-electron chi connectivity index (χ0n) is 6.84. The molecule has 0 spiro atoms. The topological polar surface area (TPSA) is 59.9 Å². The van der Waals surface area contributed by atoms with Gasteiger partial charge in [-0.1, -0.05) is 0 Å². The first-order valence-corrected chi connectivity index (χ1v) is 3.14. The van der Waals surface area contributed by atoms with Gasteiger partial charge in [-0.3, -0.25) is 0 Å². The Bertz CT molecular complexity index is 258. The van der Waals surface area contributed by atoms with Crippen LogP contribution in [0.1, 0.15) is 20.8 Å². The Morgan fingerprint density at radius 3 is 1.91 bits per heavy atom. The highest BCUT2D eigenvalue weighted by Crippen LogP contribution is 2.03. The highest BCUT2D eigenvalue weighted by molar-refractivity contribution is 5.69. The smallest absolute Gasteiger partial charge is 0.190 e. The van der Waals surface area contributed by atoms with E-state index in [4.69, 9.17) is 10.5 Å². The zero-order valence-corrected chi connectivity index (χ0v) is 6.84. The van der Waals surface area contributed by atoms with E-state index in [1.807, 2.05) is 20.8 Å². The molecule has 0 aromatic heterocycles. The first-order chi connectivity index (χ1) is 4.99. The molecule has 0 bridgehead atoms. The Labute approximate surface area is 66.3 Å².